The van der Waals surface area contributed by atoms with E-state index in [9.17, 15) is 9.18 Å². The molecule has 0 amide bonds. The first-order chi connectivity index (χ1) is 18.6. The van der Waals surface area contributed by atoms with Crippen LogP contribution >= 0.6 is 0 Å². The molecule has 3 heterocycles. The first kappa shape index (κ1) is 24.5. The van der Waals surface area contributed by atoms with Gasteiger partial charge in [0.1, 0.15) is 17.6 Å². The molecule has 1 N–H and O–H groups in total. The minimum atomic E-state index is -0.401. The van der Waals surface area contributed by atoms with E-state index in [1.807, 2.05) is 41.1 Å². The van der Waals surface area contributed by atoms with E-state index < -0.39 is 6.04 Å². The lowest BCUT2D eigenvalue weighted by Crippen LogP contribution is -2.49. The molecule has 2 fully saturated rings. The van der Waals surface area contributed by atoms with Crippen molar-refractivity contribution in [1.82, 2.24) is 30.1 Å². The van der Waals surface area contributed by atoms with Crippen LogP contribution in [0.25, 0.3) is 10.9 Å². The van der Waals surface area contributed by atoms with Gasteiger partial charge in [-0.25, -0.2) is 9.07 Å². The number of fused-ring (bicyclic) bond motifs is 1. The average Bonchev–Trinajstić information content (AvgIpc) is 3.44. The summed E-state index contributed by atoms with van der Waals surface area (Å²) in [5.41, 5.74) is 2.22. The van der Waals surface area contributed by atoms with Gasteiger partial charge in [-0.1, -0.05) is 19.3 Å². The van der Waals surface area contributed by atoms with Gasteiger partial charge in [0.15, 0.2) is 5.82 Å². The van der Waals surface area contributed by atoms with Crippen LogP contribution in [0.1, 0.15) is 55.6 Å². The summed E-state index contributed by atoms with van der Waals surface area (Å²) in [6.07, 6.45) is 5.61. The molecule has 1 atom stereocenters. The monoisotopic (exact) mass is 517 g/mol. The second-order valence-corrected chi connectivity index (χ2v) is 10.2. The lowest BCUT2D eigenvalue weighted by molar-refractivity contribution is 0.192. The number of hydrogen-bond donors (Lipinski definition) is 1. The van der Waals surface area contributed by atoms with E-state index >= 15 is 0 Å². The number of nitrogens with zero attached hydrogens (tertiary/aromatic N) is 6. The van der Waals surface area contributed by atoms with Gasteiger partial charge in [-0.15, -0.1) is 5.10 Å². The van der Waals surface area contributed by atoms with E-state index in [1.165, 1.54) is 18.6 Å². The Bertz CT molecular complexity index is 1450. The Morgan fingerprint density at radius 2 is 1.76 bits per heavy atom. The topological polar surface area (TPSA) is 92.2 Å². The number of aromatic amines is 1. The maximum absolute atomic E-state index is 13.5. The maximum Gasteiger partial charge on any atom is 0.253 e. The molecule has 1 saturated carbocycles. The van der Waals surface area contributed by atoms with Gasteiger partial charge in [-0.05, 0) is 71.8 Å². The summed E-state index contributed by atoms with van der Waals surface area (Å²) >= 11 is 0. The van der Waals surface area contributed by atoms with Crippen LogP contribution in [0, 0.1) is 5.82 Å². The predicted molar refractivity (Wildman–Crippen MR) is 143 cm³/mol. The van der Waals surface area contributed by atoms with Gasteiger partial charge in [-0.3, -0.25) is 9.69 Å². The molecule has 198 valence electrons. The number of aromatic nitrogens is 5. The fourth-order valence-corrected chi connectivity index (χ4v) is 5.89. The molecule has 1 aliphatic carbocycles. The number of benzene rings is 2. The van der Waals surface area contributed by atoms with E-state index in [-0.39, 0.29) is 17.4 Å². The zero-order valence-electron chi connectivity index (χ0n) is 21.5. The third kappa shape index (κ3) is 4.76. The average molecular weight is 518 g/mol. The normalized spacial score (nSPS) is 18.1. The van der Waals surface area contributed by atoms with Crippen molar-refractivity contribution in [2.75, 3.05) is 38.2 Å². The zero-order valence-corrected chi connectivity index (χ0v) is 21.5. The Morgan fingerprint density at radius 1 is 1.00 bits per heavy atom. The third-order valence-corrected chi connectivity index (χ3v) is 7.93. The summed E-state index contributed by atoms with van der Waals surface area (Å²) in [5.74, 6) is 1.20. The highest BCUT2D eigenvalue weighted by atomic mass is 19.1. The minimum absolute atomic E-state index is 0.146. The molecule has 0 bridgehead atoms. The van der Waals surface area contributed by atoms with Crippen molar-refractivity contribution in [1.29, 1.82) is 0 Å². The number of pyridine rings is 1. The van der Waals surface area contributed by atoms with Crippen molar-refractivity contribution < 1.29 is 9.13 Å². The number of piperazine rings is 1. The van der Waals surface area contributed by atoms with Crippen molar-refractivity contribution in [3.63, 3.8) is 0 Å². The second kappa shape index (κ2) is 10.5. The third-order valence-electron chi connectivity index (χ3n) is 7.93. The molecule has 4 aromatic rings. The Labute approximate surface area is 220 Å². The SMILES string of the molecule is COc1ccc2[nH]c(=O)c([C@H](c3nnnn3C3CCCCC3)N3CCN(c4ccc(F)cc4)CC3)cc2c1. The summed E-state index contributed by atoms with van der Waals surface area (Å²) in [7, 11) is 1.63. The van der Waals surface area contributed by atoms with E-state index in [4.69, 9.17) is 4.74 Å². The number of nitrogens with one attached hydrogen (secondary N) is 1. The lowest BCUT2D eigenvalue weighted by Gasteiger charge is -2.40. The van der Waals surface area contributed by atoms with Crippen molar-refractivity contribution >= 4 is 16.6 Å². The molecule has 0 spiro atoms. The van der Waals surface area contributed by atoms with Gasteiger partial charge in [0.2, 0.25) is 0 Å². The predicted octanol–water partition coefficient (Wildman–Crippen LogP) is 4.08. The Kier molecular flexibility index (Phi) is 6.80. The summed E-state index contributed by atoms with van der Waals surface area (Å²) in [6, 6.07) is 14.0. The van der Waals surface area contributed by atoms with Crippen LogP contribution in [-0.2, 0) is 0 Å². The number of anilines is 1. The van der Waals surface area contributed by atoms with E-state index in [0.717, 1.165) is 61.1 Å². The molecular weight excluding hydrogens is 485 g/mol. The van der Waals surface area contributed by atoms with Gasteiger partial charge in [-0.2, -0.15) is 0 Å². The molecule has 1 aliphatic heterocycles. The number of hydrogen-bond acceptors (Lipinski definition) is 7. The van der Waals surface area contributed by atoms with E-state index in [0.29, 0.717) is 24.5 Å². The van der Waals surface area contributed by atoms with Gasteiger partial charge >= 0.3 is 0 Å². The van der Waals surface area contributed by atoms with Crippen molar-refractivity contribution in [2.24, 2.45) is 0 Å². The van der Waals surface area contributed by atoms with Crippen LogP contribution in [0.5, 0.6) is 5.75 Å². The van der Waals surface area contributed by atoms with Crippen LogP contribution in [0.2, 0.25) is 0 Å². The summed E-state index contributed by atoms with van der Waals surface area (Å²) in [4.78, 5) is 21.1. The lowest BCUT2D eigenvalue weighted by atomic mass is 9.95. The van der Waals surface area contributed by atoms with Crippen LogP contribution in [0.3, 0.4) is 0 Å². The Morgan fingerprint density at radius 3 is 2.50 bits per heavy atom. The number of H-pyrrole nitrogens is 1. The van der Waals surface area contributed by atoms with Crippen LogP contribution < -0.4 is 15.2 Å². The number of halogens is 1. The number of methoxy groups -OCH3 is 1. The van der Waals surface area contributed by atoms with Gasteiger partial charge in [0, 0.05) is 48.3 Å². The van der Waals surface area contributed by atoms with Crippen LogP contribution in [0.4, 0.5) is 10.1 Å². The minimum Gasteiger partial charge on any atom is -0.497 e. The molecule has 2 aromatic carbocycles. The van der Waals surface area contributed by atoms with Crippen molar-refractivity contribution in [3.8, 4) is 5.75 Å². The van der Waals surface area contributed by atoms with Crippen LogP contribution in [-0.4, -0.2) is 63.4 Å². The first-order valence-electron chi connectivity index (χ1n) is 13.3. The molecule has 0 radical (unpaired) electrons. The second-order valence-electron chi connectivity index (χ2n) is 10.2. The van der Waals surface area contributed by atoms with Crippen LogP contribution in [0.15, 0.2) is 53.3 Å². The highest BCUT2D eigenvalue weighted by molar-refractivity contribution is 5.80. The molecular formula is C28H32FN7O2. The smallest absolute Gasteiger partial charge is 0.253 e. The quantitative estimate of drug-likeness (QED) is 0.412. The molecule has 0 unspecified atom stereocenters. The fourth-order valence-electron chi connectivity index (χ4n) is 5.89. The summed E-state index contributed by atoms with van der Waals surface area (Å²) in [6.45, 7) is 2.89. The molecule has 1 saturated heterocycles. The largest absolute Gasteiger partial charge is 0.497 e. The number of rotatable bonds is 6. The van der Waals surface area contributed by atoms with Gasteiger partial charge in [0.25, 0.3) is 5.56 Å². The first-order valence-corrected chi connectivity index (χ1v) is 13.3. The molecule has 2 aliphatic rings. The van der Waals surface area contributed by atoms with Crippen molar-refractivity contribution in [3.05, 3.63) is 76.1 Å². The maximum atomic E-state index is 13.5. The molecule has 6 rings (SSSR count). The molecule has 2 aromatic heterocycles. The number of ether oxygens (including phenoxy) is 1. The fraction of sp³-hybridized carbons (Fsp3) is 0.429. The summed E-state index contributed by atoms with van der Waals surface area (Å²) in [5, 5.41) is 13.9. The highest BCUT2D eigenvalue weighted by Gasteiger charge is 2.34. The molecule has 38 heavy (non-hydrogen) atoms. The van der Waals surface area contributed by atoms with Gasteiger partial charge < -0.3 is 14.6 Å². The van der Waals surface area contributed by atoms with E-state index in [2.05, 4.69) is 30.3 Å². The van der Waals surface area contributed by atoms with E-state index in [1.54, 1.807) is 7.11 Å². The van der Waals surface area contributed by atoms with Crippen molar-refractivity contribution in [2.45, 2.75) is 44.2 Å². The Balaban J connectivity index is 1.38. The van der Waals surface area contributed by atoms with Gasteiger partial charge in [0.05, 0.1) is 13.2 Å². The number of tetrazole rings is 1. The molecule has 9 nitrogen and oxygen atoms in total. The Hall–Kier alpha value is -3.79. The standard InChI is InChI=1S/C28H32FN7O2/c1-38-23-11-12-25-19(17-23)18-24(28(37)30-25)26(27-31-32-33-36(27)22-5-3-2-4-6-22)35-15-13-34(14-16-35)21-9-7-20(29)8-10-21/h7-12,17-18,22,26H,2-6,13-16H2,1H3,(H,30,37)/t26-/m1/s1. The highest BCUT2D eigenvalue weighted by Crippen LogP contribution is 2.34. The zero-order chi connectivity index (χ0) is 26.1. The summed E-state index contributed by atoms with van der Waals surface area (Å²) < 4.78 is 20.9. The molecule has 10 heteroatoms.